The molecule has 0 aromatic carbocycles. The van der Waals surface area contributed by atoms with Gasteiger partial charge in [-0.05, 0) is 19.8 Å². The highest BCUT2D eigenvalue weighted by Crippen LogP contribution is 2.14. The van der Waals surface area contributed by atoms with Crippen LogP contribution in [0, 0.1) is 0 Å². The molecule has 0 amide bonds. The van der Waals surface area contributed by atoms with E-state index in [2.05, 4.69) is 13.8 Å². The maximum atomic E-state index is 11.8. The number of rotatable bonds is 24. The molecule has 4 nitrogen and oxygen atoms in total. The normalized spacial score (nSPS) is 12.0. The largest absolute Gasteiger partial charge is 0.462 e. The average molecular weight is 455 g/mol. The van der Waals surface area contributed by atoms with Crippen molar-refractivity contribution in [2.45, 2.75) is 162 Å². The van der Waals surface area contributed by atoms with E-state index in [0.717, 1.165) is 32.1 Å². The summed E-state index contributed by atoms with van der Waals surface area (Å²) in [6.07, 6.45) is 24.7. The number of ether oxygens (including phenoxy) is 2. The molecule has 0 heterocycles. The highest BCUT2D eigenvalue weighted by Gasteiger charge is 2.12. The Balaban J connectivity index is 3.33. The number of unbranched alkanes of at least 4 members (excludes halogenated alkanes) is 17. The molecule has 0 saturated carbocycles. The van der Waals surface area contributed by atoms with Crippen molar-refractivity contribution in [2.24, 2.45) is 0 Å². The minimum Gasteiger partial charge on any atom is -0.462 e. The molecule has 0 bridgehead atoms. The number of carbonyl (C=O) groups excluding carboxylic acids is 2. The second-order valence-corrected chi connectivity index (χ2v) is 9.49. The van der Waals surface area contributed by atoms with Crippen molar-refractivity contribution in [1.82, 2.24) is 0 Å². The summed E-state index contributed by atoms with van der Waals surface area (Å²) < 4.78 is 10.5. The Kier molecular flexibility index (Phi) is 23.8. The van der Waals surface area contributed by atoms with Crippen LogP contribution < -0.4 is 0 Å². The smallest absolute Gasteiger partial charge is 0.306 e. The molecule has 0 spiro atoms. The van der Waals surface area contributed by atoms with Crippen LogP contribution in [0.5, 0.6) is 0 Å². The van der Waals surface area contributed by atoms with Crippen molar-refractivity contribution in [2.75, 3.05) is 6.61 Å². The number of esters is 2. The van der Waals surface area contributed by atoms with Gasteiger partial charge in [0.1, 0.15) is 12.7 Å². The zero-order chi connectivity index (χ0) is 23.7. The molecule has 1 unspecified atom stereocenters. The Morgan fingerprint density at radius 1 is 0.531 bits per heavy atom. The lowest BCUT2D eigenvalue weighted by molar-refractivity contribution is -0.158. The molecule has 32 heavy (non-hydrogen) atoms. The molecule has 0 aliphatic heterocycles. The van der Waals surface area contributed by atoms with Crippen molar-refractivity contribution >= 4 is 11.9 Å². The first-order chi connectivity index (χ1) is 15.6. The Morgan fingerprint density at radius 2 is 0.875 bits per heavy atom. The molecule has 0 rings (SSSR count). The van der Waals surface area contributed by atoms with E-state index in [1.807, 2.05) is 0 Å². The van der Waals surface area contributed by atoms with Crippen molar-refractivity contribution < 1.29 is 19.1 Å². The Labute approximate surface area is 199 Å². The minimum absolute atomic E-state index is 0.164. The molecule has 1 atom stereocenters. The lowest BCUT2D eigenvalue weighted by Gasteiger charge is -2.13. The molecule has 0 N–H and O–H groups in total. The Hall–Kier alpha value is -1.06. The SMILES string of the molecule is CCCCCCCCCCCCCCCCCCC(=O)OCC(C)OC(=O)CCCCC. The summed E-state index contributed by atoms with van der Waals surface area (Å²) in [6.45, 7) is 6.32. The van der Waals surface area contributed by atoms with Gasteiger partial charge in [0.15, 0.2) is 0 Å². The van der Waals surface area contributed by atoms with Gasteiger partial charge < -0.3 is 9.47 Å². The lowest BCUT2D eigenvalue weighted by Crippen LogP contribution is -2.22. The molecular weight excluding hydrogens is 400 g/mol. The lowest BCUT2D eigenvalue weighted by atomic mass is 10.0. The third-order valence-electron chi connectivity index (χ3n) is 6.03. The van der Waals surface area contributed by atoms with E-state index in [-0.39, 0.29) is 24.6 Å². The monoisotopic (exact) mass is 454 g/mol. The van der Waals surface area contributed by atoms with Crippen LogP contribution in [-0.4, -0.2) is 24.6 Å². The Bertz CT molecular complexity index is 422. The summed E-state index contributed by atoms with van der Waals surface area (Å²) in [5, 5.41) is 0. The van der Waals surface area contributed by atoms with Crippen LogP contribution in [0.2, 0.25) is 0 Å². The van der Waals surface area contributed by atoms with Crippen molar-refractivity contribution in [3.05, 3.63) is 0 Å². The van der Waals surface area contributed by atoms with Gasteiger partial charge in [-0.25, -0.2) is 0 Å². The molecular formula is C28H54O4. The zero-order valence-electron chi connectivity index (χ0n) is 21.8. The van der Waals surface area contributed by atoms with Gasteiger partial charge in [-0.1, -0.05) is 123 Å². The van der Waals surface area contributed by atoms with Crippen LogP contribution in [0.4, 0.5) is 0 Å². The fourth-order valence-electron chi connectivity index (χ4n) is 3.94. The van der Waals surface area contributed by atoms with Gasteiger partial charge in [0.25, 0.3) is 0 Å². The van der Waals surface area contributed by atoms with Crippen LogP contribution in [0.3, 0.4) is 0 Å². The van der Waals surface area contributed by atoms with E-state index >= 15 is 0 Å². The summed E-state index contributed by atoms with van der Waals surface area (Å²) in [5.74, 6) is -0.371. The van der Waals surface area contributed by atoms with Crippen molar-refractivity contribution in [3.8, 4) is 0 Å². The minimum atomic E-state index is -0.362. The van der Waals surface area contributed by atoms with Crippen LogP contribution >= 0.6 is 0 Å². The Morgan fingerprint density at radius 3 is 1.34 bits per heavy atom. The van der Waals surface area contributed by atoms with E-state index in [0.29, 0.717) is 12.8 Å². The average Bonchev–Trinajstić information content (AvgIpc) is 2.77. The second-order valence-electron chi connectivity index (χ2n) is 9.49. The topological polar surface area (TPSA) is 52.6 Å². The summed E-state index contributed by atoms with van der Waals surface area (Å²) in [4.78, 5) is 23.5. The van der Waals surface area contributed by atoms with E-state index < -0.39 is 0 Å². The molecule has 0 radical (unpaired) electrons. The quantitative estimate of drug-likeness (QED) is 0.108. The van der Waals surface area contributed by atoms with Gasteiger partial charge in [0.05, 0.1) is 0 Å². The van der Waals surface area contributed by atoms with Gasteiger partial charge in [-0.15, -0.1) is 0 Å². The maximum Gasteiger partial charge on any atom is 0.306 e. The van der Waals surface area contributed by atoms with Gasteiger partial charge in [-0.2, -0.15) is 0 Å². The van der Waals surface area contributed by atoms with E-state index in [4.69, 9.17) is 9.47 Å². The molecule has 0 aliphatic rings. The second kappa shape index (κ2) is 24.6. The zero-order valence-corrected chi connectivity index (χ0v) is 21.8. The molecule has 4 heteroatoms. The summed E-state index contributed by atoms with van der Waals surface area (Å²) >= 11 is 0. The molecule has 0 saturated heterocycles. The van der Waals surface area contributed by atoms with Crippen LogP contribution in [-0.2, 0) is 19.1 Å². The van der Waals surface area contributed by atoms with Gasteiger partial charge in [0, 0.05) is 12.8 Å². The van der Waals surface area contributed by atoms with Crippen LogP contribution in [0.1, 0.15) is 156 Å². The number of hydrogen-bond acceptors (Lipinski definition) is 4. The third-order valence-corrected chi connectivity index (χ3v) is 6.03. The first kappa shape index (κ1) is 30.9. The van der Waals surface area contributed by atoms with E-state index in [9.17, 15) is 9.59 Å². The van der Waals surface area contributed by atoms with E-state index in [1.54, 1.807) is 6.92 Å². The highest BCUT2D eigenvalue weighted by molar-refractivity contribution is 5.70. The molecule has 0 aromatic rings. The summed E-state index contributed by atoms with van der Waals surface area (Å²) in [7, 11) is 0. The standard InChI is InChI=1S/C28H54O4/c1-4-6-8-9-10-11-12-13-14-15-16-17-18-19-20-22-23-27(29)31-25-26(3)32-28(30)24-21-7-5-2/h26H,4-25H2,1-3H3. The molecule has 0 aromatic heterocycles. The third kappa shape index (κ3) is 23.6. The number of hydrogen-bond donors (Lipinski definition) is 0. The van der Waals surface area contributed by atoms with Crippen molar-refractivity contribution in [3.63, 3.8) is 0 Å². The van der Waals surface area contributed by atoms with Crippen LogP contribution in [0.15, 0.2) is 0 Å². The first-order valence-corrected chi connectivity index (χ1v) is 13.9. The van der Waals surface area contributed by atoms with Gasteiger partial charge in [0.2, 0.25) is 0 Å². The fourth-order valence-corrected chi connectivity index (χ4v) is 3.94. The summed E-state index contributed by atoms with van der Waals surface area (Å²) in [6, 6.07) is 0. The van der Waals surface area contributed by atoms with Crippen LogP contribution in [0.25, 0.3) is 0 Å². The maximum absolute atomic E-state index is 11.8. The van der Waals surface area contributed by atoms with E-state index in [1.165, 1.54) is 89.9 Å². The predicted molar refractivity (Wildman–Crippen MR) is 135 cm³/mol. The number of carbonyl (C=O) groups is 2. The predicted octanol–water partition coefficient (Wildman–Crippen LogP) is 8.69. The molecule has 190 valence electrons. The van der Waals surface area contributed by atoms with Crippen molar-refractivity contribution in [1.29, 1.82) is 0 Å². The highest BCUT2D eigenvalue weighted by atomic mass is 16.6. The molecule has 0 aliphatic carbocycles. The first-order valence-electron chi connectivity index (χ1n) is 13.9. The fraction of sp³-hybridized carbons (Fsp3) is 0.929. The molecule has 0 fully saturated rings. The van der Waals surface area contributed by atoms with Gasteiger partial charge in [-0.3, -0.25) is 9.59 Å². The summed E-state index contributed by atoms with van der Waals surface area (Å²) in [5.41, 5.74) is 0. The van der Waals surface area contributed by atoms with Gasteiger partial charge >= 0.3 is 11.9 Å².